The van der Waals surface area contributed by atoms with Gasteiger partial charge in [-0.3, -0.25) is 9.59 Å². The number of rotatable bonds is 6. The van der Waals surface area contributed by atoms with Gasteiger partial charge in [0.25, 0.3) is 5.91 Å². The van der Waals surface area contributed by atoms with E-state index >= 15 is 0 Å². The van der Waals surface area contributed by atoms with E-state index in [0.717, 1.165) is 25.0 Å². The molecular weight excluding hydrogens is 306 g/mol. The molecule has 0 bridgehead atoms. The van der Waals surface area contributed by atoms with Crippen LogP contribution in [-0.4, -0.2) is 18.5 Å². The first-order chi connectivity index (χ1) is 11.7. The number of amides is 1. The minimum atomic E-state index is -0.398. The van der Waals surface area contributed by atoms with Crippen molar-refractivity contribution >= 4 is 11.9 Å². The molecule has 2 aromatic rings. The molecule has 1 heterocycles. The van der Waals surface area contributed by atoms with E-state index in [1.54, 1.807) is 18.4 Å². The van der Waals surface area contributed by atoms with Gasteiger partial charge in [0, 0.05) is 6.42 Å². The van der Waals surface area contributed by atoms with Gasteiger partial charge in [-0.25, -0.2) is 0 Å². The summed E-state index contributed by atoms with van der Waals surface area (Å²) in [5.41, 5.74) is 2.45. The molecule has 24 heavy (non-hydrogen) atoms. The Hall–Kier alpha value is -2.56. The second-order valence-electron chi connectivity index (χ2n) is 5.95. The lowest BCUT2D eigenvalue weighted by molar-refractivity contribution is -0.148. The molecule has 1 aromatic carbocycles. The fraction of sp³-hybridized carbons (Fsp3) is 0.368. The highest BCUT2D eigenvalue weighted by atomic mass is 16.5. The molecular formula is C19H21NO4. The van der Waals surface area contributed by atoms with E-state index in [0.29, 0.717) is 6.42 Å². The second-order valence-corrected chi connectivity index (χ2v) is 5.95. The molecule has 5 heteroatoms. The standard InChI is InChI=1S/C19H21NO4/c21-18(13-24-19(22)11-10-15-7-4-12-23-15)20-17-9-3-6-14-5-1-2-8-16(14)17/h1-2,4-5,7-8,12,17H,3,6,9-11,13H2,(H,20,21)/t17-/m0/s1. The highest BCUT2D eigenvalue weighted by Crippen LogP contribution is 2.29. The van der Waals surface area contributed by atoms with Crippen molar-refractivity contribution in [1.82, 2.24) is 5.32 Å². The van der Waals surface area contributed by atoms with Gasteiger partial charge in [0.1, 0.15) is 5.76 Å². The molecule has 0 saturated heterocycles. The van der Waals surface area contributed by atoms with Crippen LogP contribution in [0, 0.1) is 0 Å². The van der Waals surface area contributed by atoms with Crippen molar-refractivity contribution in [2.45, 2.75) is 38.1 Å². The summed E-state index contributed by atoms with van der Waals surface area (Å²) in [6, 6.07) is 11.7. The van der Waals surface area contributed by atoms with Gasteiger partial charge in [0.15, 0.2) is 6.61 Å². The summed E-state index contributed by atoms with van der Waals surface area (Å²) >= 11 is 0. The molecule has 0 unspecified atom stereocenters. The summed E-state index contributed by atoms with van der Waals surface area (Å²) < 4.78 is 10.2. The summed E-state index contributed by atoms with van der Waals surface area (Å²) in [4.78, 5) is 23.7. The molecule has 126 valence electrons. The molecule has 1 amide bonds. The summed E-state index contributed by atoms with van der Waals surface area (Å²) in [5.74, 6) is 0.0730. The molecule has 0 aliphatic heterocycles. The number of ether oxygens (including phenoxy) is 1. The lowest BCUT2D eigenvalue weighted by Crippen LogP contribution is -2.34. The number of nitrogens with one attached hydrogen (secondary N) is 1. The molecule has 0 saturated carbocycles. The van der Waals surface area contributed by atoms with Crippen molar-refractivity contribution < 1.29 is 18.7 Å². The number of furan rings is 1. The molecule has 1 atom stereocenters. The van der Waals surface area contributed by atoms with E-state index in [1.807, 2.05) is 12.1 Å². The number of hydrogen-bond acceptors (Lipinski definition) is 4. The third kappa shape index (κ3) is 4.25. The highest BCUT2D eigenvalue weighted by Gasteiger charge is 2.21. The quantitative estimate of drug-likeness (QED) is 0.828. The average molecular weight is 327 g/mol. The van der Waals surface area contributed by atoms with Gasteiger partial charge in [-0.05, 0) is 42.5 Å². The van der Waals surface area contributed by atoms with Crippen LogP contribution in [0.25, 0.3) is 0 Å². The van der Waals surface area contributed by atoms with Crippen LogP contribution < -0.4 is 5.32 Å². The van der Waals surface area contributed by atoms with Gasteiger partial charge in [-0.1, -0.05) is 24.3 Å². The maximum atomic E-state index is 12.1. The van der Waals surface area contributed by atoms with Crippen molar-refractivity contribution in [1.29, 1.82) is 0 Å². The first-order valence-electron chi connectivity index (χ1n) is 8.27. The predicted molar refractivity (Wildman–Crippen MR) is 88.3 cm³/mol. The van der Waals surface area contributed by atoms with Gasteiger partial charge in [0.05, 0.1) is 18.7 Å². The number of fused-ring (bicyclic) bond motifs is 1. The monoisotopic (exact) mass is 327 g/mol. The Bertz CT molecular complexity index is 693. The number of carbonyl (C=O) groups is 2. The normalized spacial score (nSPS) is 16.2. The van der Waals surface area contributed by atoms with E-state index in [9.17, 15) is 9.59 Å². The lowest BCUT2D eigenvalue weighted by atomic mass is 9.88. The Kier molecular flexibility index (Phi) is 5.31. The van der Waals surface area contributed by atoms with Crippen LogP contribution in [0.15, 0.2) is 47.1 Å². The zero-order valence-corrected chi connectivity index (χ0v) is 13.5. The van der Waals surface area contributed by atoms with Crippen LogP contribution in [0.1, 0.15) is 42.2 Å². The van der Waals surface area contributed by atoms with E-state index in [4.69, 9.17) is 9.15 Å². The minimum Gasteiger partial charge on any atom is -0.469 e. The van der Waals surface area contributed by atoms with Gasteiger partial charge in [0.2, 0.25) is 0 Å². The van der Waals surface area contributed by atoms with Gasteiger partial charge in [-0.15, -0.1) is 0 Å². The average Bonchev–Trinajstić information content (AvgIpc) is 3.12. The largest absolute Gasteiger partial charge is 0.469 e. The van der Waals surface area contributed by atoms with Crippen LogP contribution in [-0.2, 0) is 27.2 Å². The molecule has 1 N–H and O–H groups in total. The van der Waals surface area contributed by atoms with Crippen LogP contribution in [0.4, 0.5) is 0 Å². The number of esters is 1. The SMILES string of the molecule is O=C(COC(=O)CCc1ccco1)N[C@H]1CCCc2ccccc21. The van der Waals surface area contributed by atoms with Crippen LogP contribution in [0.3, 0.4) is 0 Å². The minimum absolute atomic E-state index is 0.00395. The van der Waals surface area contributed by atoms with Crippen molar-refractivity contribution in [3.63, 3.8) is 0 Å². The maximum Gasteiger partial charge on any atom is 0.306 e. The van der Waals surface area contributed by atoms with Gasteiger partial charge >= 0.3 is 5.97 Å². The van der Waals surface area contributed by atoms with Crippen molar-refractivity contribution in [3.05, 3.63) is 59.5 Å². The molecule has 1 aliphatic rings. The predicted octanol–water partition coefficient (Wildman–Crippen LogP) is 2.95. The number of hydrogen-bond donors (Lipinski definition) is 1. The summed E-state index contributed by atoms with van der Waals surface area (Å²) in [6.45, 7) is -0.240. The molecule has 1 aromatic heterocycles. The highest BCUT2D eigenvalue weighted by molar-refractivity contribution is 5.81. The van der Waals surface area contributed by atoms with E-state index in [2.05, 4.69) is 17.4 Å². The first-order valence-corrected chi connectivity index (χ1v) is 8.27. The fourth-order valence-corrected chi connectivity index (χ4v) is 3.04. The Morgan fingerprint density at radius 3 is 2.92 bits per heavy atom. The van der Waals surface area contributed by atoms with Gasteiger partial charge < -0.3 is 14.5 Å². The molecule has 0 spiro atoms. The Morgan fingerprint density at radius 2 is 2.08 bits per heavy atom. The molecule has 0 radical (unpaired) electrons. The van der Waals surface area contributed by atoms with Crippen LogP contribution >= 0.6 is 0 Å². The van der Waals surface area contributed by atoms with Crippen molar-refractivity contribution in [2.75, 3.05) is 6.61 Å². The zero-order valence-electron chi connectivity index (χ0n) is 13.5. The molecule has 5 nitrogen and oxygen atoms in total. The Morgan fingerprint density at radius 1 is 1.21 bits per heavy atom. The van der Waals surface area contributed by atoms with Crippen LogP contribution in [0.5, 0.6) is 0 Å². The third-order valence-corrected chi connectivity index (χ3v) is 4.22. The number of aryl methyl sites for hydroxylation is 2. The van der Waals surface area contributed by atoms with Crippen molar-refractivity contribution in [3.8, 4) is 0 Å². The molecule has 1 aliphatic carbocycles. The number of benzene rings is 1. The van der Waals surface area contributed by atoms with E-state index < -0.39 is 5.97 Å². The number of carbonyl (C=O) groups excluding carboxylic acids is 2. The second kappa shape index (κ2) is 7.81. The lowest BCUT2D eigenvalue weighted by Gasteiger charge is -2.26. The van der Waals surface area contributed by atoms with E-state index in [1.165, 1.54) is 11.1 Å². The maximum absolute atomic E-state index is 12.1. The Labute approximate surface area is 141 Å². The zero-order chi connectivity index (χ0) is 16.8. The van der Waals surface area contributed by atoms with Crippen LogP contribution in [0.2, 0.25) is 0 Å². The van der Waals surface area contributed by atoms with Gasteiger partial charge in [-0.2, -0.15) is 0 Å². The smallest absolute Gasteiger partial charge is 0.306 e. The van der Waals surface area contributed by atoms with E-state index in [-0.39, 0.29) is 25.0 Å². The third-order valence-electron chi connectivity index (χ3n) is 4.22. The molecule has 0 fully saturated rings. The molecule has 3 rings (SSSR count). The topological polar surface area (TPSA) is 68.5 Å². The van der Waals surface area contributed by atoms with Crippen molar-refractivity contribution in [2.24, 2.45) is 0 Å². The fourth-order valence-electron chi connectivity index (χ4n) is 3.04. The Balaban J connectivity index is 1.44. The summed E-state index contributed by atoms with van der Waals surface area (Å²) in [7, 11) is 0. The summed E-state index contributed by atoms with van der Waals surface area (Å²) in [5, 5.41) is 2.97. The summed E-state index contributed by atoms with van der Waals surface area (Å²) in [6.07, 6.45) is 5.25. The first kappa shape index (κ1) is 16.3.